The summed E-state index contributed by atoms with van der Waals surface area (Å²) in [4.78, 5) is 13.1. The van der Waals surface area contributed by atoms with Crippen LogP contribution < -0.4 is 19.5 Å². The van der Waals surface area contributed by atoms with E-state index in [9.17, 15) is 30.8 Å². The van der Waals surface area contributed by atoms with Crippen molar-refractivity contribution in [1.29, 1.82) is 0 Å². The van der Waals surface area contributed by atoms with Gasteiger partial charge < -0.3 is 14.8 Å². The molecule has 4 aromatic rings. The summed E-state index contributed by atoms with van der Waals surface area (Å²) in [7, 11) is -2.43. The topological polar surface area (TPSA) is 93.7 Å². The van der Waals surface area contributed by atoms with Crippen molar-refractivity contribution in [1.82, 2.24) is 0 Å². The third-order valence-electron chi connectivity index (χ3n) is 4.96. The van der Waals surface area contributed by atoms with Crippen molar-refractivity contribution in [2.75, 3.05) is 23.4 Å². The number of nitrogens with one attached hydrogen (secondary N) is 2. The molecule has 0 unspecified atom stereocenters. The molecule has 1 aromatic heterocycles. The summed E-state index contributed by atoms with van der Waals surface area (Å²) >= 11 is 7.19. The van der Waals surface area contributed by atoms with E-state index in [1.807, 2.05) is 0 Å². The first-order chi connectivity index (χ1) is 17.7. The number of rotatable bonds is 7. The Bertz CT molecular complexity index is 1660. The highest BCUT2D eigenvalue weighted by molar-refractivity contribution is 7.92. The predicted molar refractivity (Wildman–Crippen MR) is 138 cm³/mol. The molecular weight excluding hydrogens is 572 g/mol. The number of alkyl halides is 3. The molecule has 1 amide bonds. The van der Waals surface area contributed by atoms with Gasteiger partial charge in [-0.15, -0.1) is 24.5 Å². The second kappa shape index (κ2) is 10.3. The van der Waals surface area contributed by atoms with Crippen molar-refractivity contribution in [3.8, 4) is 22.6 Å². The lowest BCUT2D eigenvalue weighted by Gasteiger charge is -2.13. The molecule has 0 saturated carbocycles. The van der Waals surface area contributed by atoms with Crippen LogP contribution in [0.1, 0.15) is 9.67 Å². The number of fused-ring (bicyclic) bond motifs is 1. The zero-order valence-electron chi connectivity index (χ0n) is 19.4. The van der Waals surface area contributed by atoms with E-state index >= 15 is 0 Å². The quantitative estimate of drug-likeness (QED) is 0.229. The monoisotopic (exact) mass is 588 g/mol. The number of amides is 1. The Kier molecular flexibility index (Phi) is 7.46. The molecule has 3 aromatic carbocycles. The first kappa shape index (κ1) is 27.5. The SMILES string of the molecule is COc1cc(OC(F)(F)F)cc(-c2cc(Cl)cc(NC(=O)c3cc4cc(NS(C)(=O)=O)c(F)cc4s3)c2)c1. The van der Waals surface area contributed by atoms with Crippen LogP contribution in [0.5, 0.6) is 11.5 Å². The molecule has 0 aliphatic rings. The molecular formula is C24H17ClF4N2O5S2. The molecule has 7 nitrogen and oxygen atoms in total. The zero-order chi connectivity index (χ0) is 27.8. The highest BCUT2D eigenvalue weighted by atomic mass is 35.5. The maximum absolute atomic E-state index is 14.3. The van der Waals surface area contributed by atoms with Gasteiger partial charge in [-0.2, -0.15) is 0 Å². The molecule has 2 N–H and O–H groups in total. The van der Waals surface area contributed by atoms with E-state index in [1.165, 1.54) is 43.5 Å². The minimum Gasteiger partial charge on any atom is -0.497 e. The standard InChI is InChI=1S/C24H17ClF4N2O5S2/c1-35-17-5-13(6-18(10-17)36-24(27,28)29)12-3-15(25)9-16(4-12)30-23(32)22-8-14-7-20(31-38(2,33)34)19(26)11-21(14)37-22/h3-11,31H,1-2H3,(H,30,32). The molecule has 1 heterocycles. The Balaban J connectivity index is 1.63. The second-order valence-corrected chi connectivity index (χ2v) is 11.3. The van der Waals surface area contributed by atoms with Gasteiger partial charge in [0.15, 0.2) is 0 Å². The molecule has 0 radical (unpaired) electrons. The van der Waals surface area contributed by atoms with Crippen molar-refractivity contribution in [2.45, 2.75) is 6.36 Å². The summed E-state index contributed by atoms with van der Waals surface area (Å²) in [6, 6.07) is 12.0. The molecule has 14 heteroatoms. The lowest BCUT2D eigenvalue weighted by atomic mass is 10.0. The average molecular weight is 589 g/mol. The van der Waals surface area contributed by atoms with E-state index in [1.54, 1.807) is 0 Å². The summed E-state index contributed by atoms with van der Waals surface area (Å²) < 4.78 is 87.1. The van der Waals surface area contributed by atoms with Crippen LogP contribution in [-0.4, -0.2) is 34.1 Å². The molecule has 0 aliphatic carbocycles. The van der Waals surface area contributed by atoms with Crippen LogP contribution in [0.3, 0.4) is 0 Å². The first-order valence-corrected chi connectivity index (χ1v) is 13.6. The van der Waals surface area contributed by atoms with Crippen LogP contribution in [0.15, 0.2) is 54.6 Å². The lowest BCUT2D eigenvalue weighted by Crippen LogP contribution is -2.17. The first-order valence-electron chi connectivity index (χ1n) is 10.5. The van der Waals surface area contributed by atoms with E-state index in [2.05, 4.69) is 14.8 Å². The van der Waals surface area contributed by atoms with Gasteiger partial charge in [0.25, 0.3) is 5.91 Å². The van der Waals surface area contributed by atoms with Crippen molar-refractivity contribution < 1.29 is 40.2 Å². The zero-order valence-corrected chi connectivity index (χ0v) is 21.8. The number of benzene rings is 3. The lowest BCUT2D eigenvalue weighted by molar-refractivity contribution is -0.274. The molecule has 200 valence electrons. The molecule has 0 spiro atoms. The molecule has 38 heavy (non-hydrogen) atoms. The number of hydrogen-bond donors (Lipinski definition) is 2. The van der Waals surface area contributed by atoms with Crippen molar-refractivity contribution in [3.05, 3.63) is 70.3 Å². The van der Waals surface area contributed by atoms with Gasteiger partial charge >= 0.3 is 6.36 Å². The van der Waals surface area contributed by atoms with Gasteiger partial charge in [0.05, 0.1) is 23.9 Å². The number of hydrogen-bond acceptors (Lipinski definition) is 6. The van der Waals surface area contributed by atoms with Crippen LogP contribution in [0, 0.1) is 5.82 Å². The highest BCUT2D eigenvalue weighted by Crippen LogP contribution is 2.36. The minimum absolute atomic E-state index is 0.106. The Morgan fingerprint density at radius 1 is 0.974 bits per heavy atom. The number of methoxy groups -OCH3 is 1. The average Bonchev–Trinajstić information content (AvgIpc) is 3.19. The molecule has 0 bridgehead atoms. The van der Waals surface area contributed by atoms with Gasteiger partial charge in [0, 0.05) is 21.5 Å². The number of thiophene rings is 1. The summed E-state index contributed by atoms with van der Waals surface area (Å²) in [6.07, 6.45) is -4.02. The van der Waals surface area contributed by atoms with Gasteiger partial charge in [-0.05, 0) is 65.0 Å². The van der Waals surface area contributed by atoms with Gasteiger partial charge in [0.1, 0.15) is 17.3 Å². The molecule has 0 atom stereocenters. The van der Waals surface area contributed by atoms with Crippen molar-refractivity contribution in [2.24, 2.45) is 0 Å². The number of carbonyl (C=O) groups excluding carboxylic acids is 1. The number of sulfonamides is 1. The fourth-order valence-corrected chi connectivity index (χ4v) is 5.28. The van der Waals surface area contributed by atoms with Crippen LogP contribution >= 0.6 is 22.9 Å². The molecule has 0 saturated heterocycles. The van der Waals surface area contributed by atoms with Crippen LogP contribution in [0.2, 0.25) is 5.02 Å². The summed E-state index contributed by atoms with van der Waals surface area (Å²) in [5, 5.41) is 3.29. The fraction of sp³-hybridized carbons (Fsp3) is 0.125. The number of carbonyl (C=O) groups is 1. The van der Waals surface area contributed by atoms with Crippen LogP contribution in [0.4, 0.5) is 28.9 Å². The van der Waals surface area contributed by atoms with E-state index in [4.69, 9.17) is 16.3 Å². The van der Waals surface area contributed by atoms with Gasteiger partial charge in [0.2, 0.25) is 10.0 Å². The Morgan fingerprint density at radius 3 is 2.32 bits per heavy atom. The Morgan fingerprint density at radius 2 is 1.66 bits per heavy atom. The largest absolute Gasteiger partial charge is 0.573 e. The maximum Gasteiger partial charge on any atom is 0.573 e. The van der Waals surface area contributed by atoms with Crippen LogP contribution in [-0.2, 0) is 10.0 Å². The van der Waals surface area contributed by atoms with E-state index in [0.717, 1.165) is 35.8 Å². The Labute approximate surface area is 223 Å². The fourth-order valence-electron chi connectivity index (χ4n) is 3.52. The third-order valence-corrected chi connectivity index (χ3v) is 6.87. The van der Waals surface area contributed by atoms with E-state index < -0.39 is 33.9 Å². The maximum atomic E-state index is 14.3. The molecule has 0 fully saturated rings. The minimum atomic E-state index is -4.91. The van der Waals surface area contributed by atoms with Crippen LogP contribution in [0.25, 0.3) is 21.2 Å². The summed E-state index contributed by atoms with van der Waals surface area (Å²) in [5.41, 5.74) is 0.636. The molecule has 0 aliphatic heterocycles. The smallest absolute Gasteiger partial charge is 0.497 e. The molecule has 4 rings (SSSR count). The number of halogens is 5. The predicted octanol–water partition coefficient (Wildman–Crippen LogP) is 6.89. The number of ether oxygens (including phenoxy) is 2. The van der Waals surface area contributed by atoms with Gasteiger partial charge in [-0.25, -0.2) is 12.8 Å². The van der Waals surface area contributed by atoms with Gasteiger partial charge in [-0.3, -0.25) is 9.52 Å². The normalized spacial score (nSPS) is 11.9. The number of anilines is 2. The van der Waals surface area contributed by atoms with Gasteiger partial charge in [-0.1, -0.05) is 11.6 Å². The third kappa shape index (κ3) is 6.85. The van der Waals surface area contributed by atoms with E-state index in [0.29, 0.717) is 15.6 Å². The highest BCUT2D eigenvalue weighted by Gasteiger charge is 2.31. The van der Waals surface area contributed by atoms with Crippen molar-refractivity contribution in [3.63, 3.8) is 0 Å². The van der Waals surface area contributed by atoms with Crippen molar-refractivity contribution >= 4 is 60.3 Å². The Hall–Kier alpha value is -3.55. The summed E-state index contributed by atoms with van der Waals surface area (Å²) in [6.45, 7) is 0. The summed E-state index contributed by atoms with van der Waals surface area (Å²) in [5.74, 6) is -1.76. The van der Waals surface area contributed by atoms with E-state index in [-0.39, 0.29) is 32.6 Å². The second-order valence-electron chi connectivity index (χ2n) is 7.98.